The Morgan fingerprint density at radius 1 is 1.29 bits per heavy atom. The standard InChI is InChI=1S/C11H12N2.ClH/c12-7-9-1-3-10(4-2-9)8-13-11-5-6-11;/h1-4,11,13H,5-6,8H2;1H. The van der Waals surface area contributed by atoms with Crippen molar-refractivity contribution >= 4 is 12.4 Å². The van der Waals surface area contributed by atoms with Gasteiger partial charge < -0.3 is 5.32 Å². The molecule has 1 aliphatic carbocycles. The van der Waals surface area contributed by atoms with Crippen LogP contribution in [0.25, 0.3) is 0 Å². The van der Waals surface area contributed by atoms with Crippen molar-refractivity contribution in [1.29, 1.82) is 5.26 Å². The second-order valence-corrected chi connectivity index (χ2v) is 3.46. The smallest absolute Gasteiger partial charge is 0.0991 e. The highest BCUT2D eigenvalue weighted by atomic mass is 35.5. The number of hydrogen-bond acceptors (Lipinski definition) is 2. The van der Waals surface area contributed by atoms with Gasteiger partial charge in [0, 0.05) is 12.6 Å². The lowest BCUT2D eigenvalue weighted by Gasteiger charge is -2.01. The van der Waals surface area contributed by atoms with E-state index in [1.165, 1.54) is 18.4 Å². The molecule has 1 N–H and O–H groups in total. The molecule has 0 bridgehead atoms. The molecule has 1 aromatic carbocycles. The molecule has 0 heterocycles. The summed E-state index contributed by atoms with van der Waals surface area (Å²) >= 11 is 0. The van der Waals surface area contributed by atoms with Crippen LogP contribution >= 0.6 is 12.4 Å². The Kier molecular flexibility index (Phi) is 3.94. The van der Waals surface area contributed by atoms with Crippen molar-refractivity contribution in [2.75, 3.05) is 0 Å². The van der Waals surface area contributed by atoms with Crippen LogP contribution in [0, 0.1) is 11.3 Å². The molecule has 1 fully saturated rings. The summed E-state index contributed by atoms with van der Waals surface area (Å²) in [6.07, 6.45) is 2.63. The molecule has 0 unspecified atom stereocenters. The Labute approximate surface area is 90.3 Å². The van der Waals surface area contributed by atoms with Gasteiger partial charge in [-0.1, -0.05) is 12.1 Å². The first-order valence-electron chi connectivity index (χ1n) is 4.61. The van der Waals surface area contributed by atoms with Gasteiger partial charge in [0.05, 0.1) is 11.6 Å². The molecular weight excluding hydrogens is 196 g/mol. The van der Waals surface area contributed by atoms with Crippen LogP contribution in [0.4, 0.5) is 0 Å². The first kappa shape index (κ1) is 11.0. The Hall–Kier alpha value is -1.04. The predicted molar refractivity (Wildman–Crippen MR) is 58.3 cm³/mol. The van der Waals surface area contributed by atoms with Gasteiger partial charge in [-0.3, -0.25) is 0 Å². The number of hydrogen-bond donors (Lipinski definition) is 1. The van der Waals surface area contributed by atoms with Crippen molar-refractivity contribution in [2.24, 2.45) is 0 Å². The van der Waals surface area contributed by atoms with Crippen molar-refractivity contribution in [3.05, 3.63) is 35.4 Å². The Balaban J connectivity index is 0.000000980. The lowest BCUT2D eigenvalue weighted by molar-refractivity contribution is 0.688. The van der Waals surface area contributed by atoms with Crippen LogP contribution < -0.4 is 5.32 Å². The first-order chi connectivity index (χ1) is 6.38. The molecule has 2 rings (SSSR count). The zero-order valence-corrected chi connectivity index (χ0v) is 8.68. The van der Waals surface area contributed by atoms with Gasteiger partial charge in [-0.15, -0.1) is 12.4 Å². The molecule has 0 aromatic heterocycles. The Morgan fingerprint density at radius 2 is 1.93 bits per heavy atom. The number of nitrogens with one attached hydrogen (secondary N) is 1. The number of nitriles is 1. The van der Waals surface area contributed by atoms with Gasteiger partial charge in [-0.25, -0.2) is 0 Å². The summed E-state index contributed by atoms with van der Waals surface area (Å²) in [6, 6.07) is 10.6. The number of rotatable bonds is 3. The summed E-state index contributed by atoms with van der Waals surface area (Å²) in [5, 5.41) is 12.0. The van der Waals surface area contributed by atoms with Gasteiger partial charge in [0.2, 0.25) is 0 Å². The summed E-state index contributed by atoms with van der Waals surface area (Å²) in [6.45, 7) is 0.927. The van der Waals surface area contributed by atoms with Gasteiger partial charge in [-0.05, 0) is 30.5 Å². The SMILES string of the molecule is Cl.N#Cc1ccc(CNC2CC2)cc1. The fourth-order valence-electron chi connectivity index (χ4n) is 1.25. The van der Waals surface area contributed by atoms with Crippen LogP contribution in [0.1, 0.15) is 24.0 Å². The maximum atomic E-state index is 8.59. The molecule has 0 saturated heterocycles. The highest BCUT2D eigenvalue weighted by Crippen LogP contribution is 2.19. The molecule has 0 aliphatic heterocycles. The van der Waals surface area contributed by atoms with Gasteiger partial charge >= 0.3 is 0 Å². The zero-order chi connectivity index (χ0) is 9.10. The van der Waals surface area contributed by atoms with Crippen LogP contribution in [-0.2, 0) is 6.54 Å². The largest absolute Gasteiger partial charge is 0.310 e. The van der Waals surface area contributed by atoms with E-state index in [1.54, 1.807) is 0 Å². The van der Waals surface area contributed by atoms with E-state index in [0.717, 1.165) is 18.2 Å². The average molecular weight is 209 g/mol. The summed E-state index contributed by atoms with van der Waals surface area (Å²) < 4.78 is 0. The third-order valence-electron chi connectivity index (χ3n) is 2.26. The van der Waals surface area contributed by atoms with Crippen molar-refractivity contribution in [3.8, 4) is 6.07 Å². The van der Waals surface area contributed by atoms with Gasteiger partial charge in [-0.2, -0.15) is 5.26 Å². The molecule has 1 aliphatic rings. The Bertz CT molecular complexity index is 322. The van der Waals surface area contributed by atoms with Gasteiger partial charge in [0.25, 0.3) is 0 Å². The molecule has 1 saturated carbocycles. The van der Waals surface area contributed by atoms with Crippen molar-refractivity contribution < 1.29 is 0 Å². The second kappa shape index (κ2) is 4.99. The minimum atomic E-state index is 0. The van der Waals surface area contributed by atoms with Crippen molar-refractivity contribution in [1.82, 2.24) is 5.32 Å². The summed E-state index contributed by atoms with van der Waals surface area (Å²) in [4.78, 5) is 0. The third-order valence-corrected chi connectivity index (χ3v) is 2.26. The molecule has 74 valence electrons. The maximum absolute atomic E-state index is 8.59. The molecule has 1 aromatic rings. The lowest BCUT2D eigenvalue weighted by atomic mass is 10.1. The summed E-state index contributed by atoms with van der Waals surface area (Å²) in [5.74, 6) is 0. The fourth-order valence-corrected chi connectivity index (χ4v) is 1.25. The molecule has 2 nitrogen and oxygen atoms in total. The van der Waals surface area contributed by atoms with Crippen molar-refractivity contribution in [2.45, 2.75) is 25.4 Å². The highest BCUT2D eigenvalue weighted by Gasteiger charge is 2.19. The van der Waals surface area contributed by atoms with Gasteiger partial charge in [0.1, 0.15) is 0 Å². The minimum Gasteiger partial charge on any atom is -0.310 e. The van der Waals surface area contributed by atoms with Crippen LogP contribution in [0.3, 0.4) is 0 Å². The van der Waals surface area contributed by atoms with E-state index in [2.05, 4.69) is 11.4 Å². The molecule has 3 heteroatoms. The predicted octanol–water partition coefficient (Wildman–Crippen LogP) is 2.23. The molecular formula is C11H13ClN2. The van der Waals surface area contributed by atoms with E-state index < -0.39 is 0 Å². The molecule has 0 radical (unpaired) electrons. The quantitative estimate of drug-likeness (QED) is 0.827. The van der Waals surface area contributed by atoms with E-state index in [0.29, 0.717) is 0 Å². The number of benzene rings is 1. The highest BCUT2D eigenvalue weighted by molar-refractivity contribution is 5.85. The van der Waals surface area contributed by atoms with Gasteiger partial charge in [0.15, 0.2) is 0 Å². The van der Waals surface area contributed by atoms with Crippen LogP contribution in [-0.4, -0.2) is 6.04 Å². The van der Waals surface area contributed by atoms with Crippen LogP contribution in [0.2, 0.25) is 0 Å². The second-order valence-electron chi connectivity index (χ2n) is 3.46. The van der Waals surface area contributed by atoms with E-state index in [9.17, 15) is 0 Å². The summed E-state index contributed by atoms with van der Waals surface area (Å²) in [5.41, 5.74) is 1.99. The van der Waals surface area contributed by atoms with Crippen LogP contribution in [0.5, 0.6) is 0 Å². The van der Waals surface area contributed by atoms with E-state index in [4.69, 9.17) is 5.26 Å². The minimum absolute atomic E-state index is 0. The van der Waals surface area contributed by atoms with Crippen molar-refractivity contribution in [3.63, 3.8) is 0 Å². The van der Waals surface area contributed by atoms with Crippen LogP contribution in [0.15, 0.2) is 24.3 Å². The van der Waals surface area contributed by atoms with E-state index >= 15 is 0 Å². The molecule has 0 atom stereocenters. The lowest BCUT2D eigenvalue weighted by Crippen LogP contribution is -2.15. The monoisotopic (exact) mass is 208 g/mol. The van der Waals surface area contributed by atoms with E-state index in [-0.39, 0.29) is 12.4 Å². The first-order valence-corrected chi connectivity index (χ1v) is 4.61. The topological polar surface area (TPSA) is 35.8 Å². The zero-order valence-electron chi connectivity index (χ0n) is 7.86. The normalized spacial score (nSPS) is 14.2. The maximum Gasteiger partial charge on any atom is 0.0991 e. The number of halogens is 1. The molecule has 0 amide bonds. The summed E-state index contributed by atoms with van der Waals surface area (Å²) in [7, 11) is 0. The fraction of sp³-hybridized carbons (Fsp3) is 0.364. The number of nitrogens with zero attached hydrogens (tertiary/aromatic N) is 1. The average Bonchev–Trinajstić information content (AvgIpc) is 2.99. The van der Waals surface area contributed by atoms with E-state index in [1.807, 2.05) is 24.3 Å². The Morgan fingerprint density at radius 3 is 2.43 bits per heavy atom. The molecule has 14 heavy (non-hydrogen) atoms. The third kappa shape index (κ3) is 3.02. The molecule has 0 spiro atoms.